The van der Waals surface area contributed by atoms with Crippen molar-refractivity contribution in [3.8, 4) is 11.5 Å². The summed E-state index contributed by atoms with van der Waals surface area (Å²) in [6.45, 7) is 0.347. The van der Waals surface area contributed by atoms with Crippen molar-refractivity contribution in [2.24, 2.45) is 0 Å². The number of halogens is 1. The van der Waals surface area contributed by atoms with Crippen molar-refractivity contribution in [1.29, 1.82) is 0 Å². The number of methoxy groups -OCH3 is 1. The number of rotatable bonds is 7. The molecule has 136 valence electrons. The van der Waals surface area contributed by atoms with Gasteiger partial charge in [0.1, 0.15) is 18.1 Å². The highest BCUT2D eigenvalue weighted by Gasteiger charge is 2.15. The van der Waals surface area contributed by atoms with E-state index in [1.807, 2.05) is 42.5 Å². The molecule has 3 rings (SSSR count). The SMILES string of the molecule is COc1ccc(S(=O)(=O)NCCOc2ccc3ccccc3c2)cc1Cl. The fraction of sp³-hybridized carbons (Fsp3) is 0.158. The first-order valence-electron chi connectivity index (χ1n) is 7.94. The first-order valence-corrected chi connectivity index (χ1v) is 9.80. The van der Waals surface area contributed by atoms with Crippen LogP contribution < -0.4 is 14.2 Å². The molecule has 3 aromatic rings. The van der Waals surface area contributed by atoms with Crippen LogP contribution in [0.15, 0.2) is 65.6 Å². The molecule has 5 nitrogen and oxygen atoms in total. The summed E-state index contributed by atoms with van der Waals surface area (Å²) in [6, 6.07) is 18.0. The molecule has 7 heteroatoms. The number of nitrogens with one attached hydrogen (secondary N) is 1. The summed E-state index contributed by atoms with van der Waals surface area (Å²) in [5.41, 5.74) is 0. The summed E-state index contributed by atoms with van der Waals surface area (Å²) in [6.07, 6.45) is 0. The third-order valence-corrected chi connectivity index (χ3v) is 5.57. The first kappa shape index (κ1) is 18.5. The van der Waals surface area contributed by atoms with Crippen molar-refractivity contribution < 1.29 is 17.9 Å². The van der Waals surface area contributed by atoms with E-state index in [4.69, 9.17) is 21.1 Å². The van der Waals surface area contributed by atoms with Crippen LogP contribution >= 0.6 is 11.6 Å². The molecule has 0 saturated heterocycles. The summed E-state index contributed by atoms with van der Waals surface area (Å²) in [5, 5.41) is 2.43. The molecule has 0 bridgehead atoms. The first-order chi connectivity index (χ1) is 12.5. The fourth-order valence-corrected chi connectivity index (χ4v) is 3.86. The smallest absolute Gasteiger partial charge is 0.240 e. The van der Waals surface area contributed by atoms with E-state index in [1.54, 1.807) is 0 Å². The number of ether oxygens (including phenoxy) is 2. The maximum Gasteiger partial charge on any atom is 0.240 e. The van der Waals surface area contributed by atoms with Gasteiger partial charge in [-0.2, -0.15) is 0 Å². The third kappa shape index (κ3) is 4.27. The Morgan fingerprint density at radius 3 is 2.50 bits per heavy atom. The number of sulfonamides is 1. The monoisotopic (exact) mass is 391 g/mol. The van der Waals surface area contributed by atoms with E-state index in [0.29, 0.717) is 11.5 Å². The second-order valence-electron chi connectivity index (χ2n) is 5.55. The van der Waals surface area contributed by atoms with Crippen molar-refractivity contribution in [2.45, 2.75) is 4.90 Å². The van der Waals surface area contributed by atoms with Gasteiger partial charge in [0.05, 0.1) is 17.0 Å². The highest BCUT2D eigenvalue weighted by atomic mass is 35.5. The minimum Gasteiger partial charge on any atom is -0.495 e. The molecular weight excluding hydrogens is 374 g/mol. The minimum absolute atomic E-state index is 0.0778. The predicted molar refractivity (Wildman–Crippen MR) is 103 cm³/mol. The zero-order valence-electron chi connectivity index (χ0n) is 14.1. The molecule has 26 heavy (non-hydrogen) atoms. The van der Waals surface area contributed by atoms with E-state index < -0.39 is 10.0 Å². The van der Waals surface area contributed by atoms with Crippen LogP contribution in [0, 0.1) is 0 Å². The topological polar surface area (TPSA) is 64.6 Å². The van der Waals surface area contributed by atoms with Gasteiger partial charge in [-0.25, -0.2) is 13.1 Å². The Kier molecular flexibility index (Phi) is 5.66. The maximum atomic E-state index is 12.3. The number of benzene rings is 3. The van der Waals surface area contributed by atoms with Gasteiger partial charge in [-0.05, 0) is 41.1 Å². The quantitative estimate of drug-likeness (QED) is 0.621. The Bertz CT molecular complexity index is 1020. The van der Waals surface area contributed by atoms with Crippen LogP contribution in [0.4, 0.5) is 0 Å². The Balaban J connectivity index is 1.58. The van der Waals surface area contributed by atoms with Gasteiger partial charge in [-0.3, -0.25) is 0 Å². The van der Waals surface area contributed by atoms with Crippen molar-refractivity contribution in [3.05, 3.63) is 65.7 Å². The molecule has 0 fully saturated rings. The van der Waals surface area contributed by atoms with Gasteiger partial charge < -0.3 is 9.47 Å². The van der Waals surface area contributed by atoms with E-state index in [9.17, 15) is 8.42 Å². The fourth-order valence-electron chi connectivity index (χ4n) is 2.50. The van der Waals surface area contributed by atoms with Gasteiger partial charge in [0.2, 0.25) is 10.0 Å². The zero-order valence-corrected chi connectivity index (χ0v) is 15.7. The second-order valence-corrected chi connectivity index (χ2v) is 7.73. The van der Waals surface area contributed by atoms with E-state index in [0.717, 1.165) is 10.8 Å². The van der Waals surface area contributed by atoms with Crippen LogP contribution in [0.5, 0.6) is 11.5 Å². The summed E-state index contributed by atoms with van der Waals surface area (Å²) < 4.78 is 37.8. The van der Waals surface area contributed by atoms with Crippen molar-refractivity contribution in [3.63, 3.8) is 0 Å². The van der Waals surface area contributed by atoms with Gasteiger partial charge in [-0.15, -0.1) is 0 Å². The van der Waals surface area contributed by atoms with Crippen LogP contribution in [0.1, 0.15) is 0 Å². The molecule has 0 heterocycles. The summed E-state index contributed by atoms with van der Waals surface area (Å²) in [7, 11) is -2.20. The Morgan fingerprint density at radius 1 is 1.00 bits per heavy atom. The molecule has 0 amide bonds. The molecule has 1 N–H and O–H groups in total. The molecule has 0 radical (unpaired) electrons. The lowest BCUT2D eigenvalue weighted by Crippen LogP contribution is -2.28. The normalized spacial score (nSPS) is 11.5. The molecule has 0 aliphatic rings. The van der Waals surface area contributed by atoms with Gasteiger partial charge in [0.15, 0.2) is 0 Å². The molecule has 0 aromatic heterocycles. The Morgan fingerprint density at radius 2 is 1.77 bits per heavy atom. The summed E-state index contributed by atoms with van der Waals surface area (Å²) in [5.74, 6) is 1.11. The van der Waals surface area contributed by atoms with Crippen LogP contribution in [-0.4, -0.2) is 28.7 Å². The maximum absolute atomic E-state index is 12.3. The Hall–Kier alpha value is -2.28. The molecule has 0 atom stereocenters. The van der Waals surface area contributed by atoms with Gasteiger partial charge in [0.25, 0.3) is 0 Å². The Labute approximate surface area is 157 Å². The highest BCUT2D eigenvalue weighted by Crippen LogP contribution is 2.26. The van der Waals surface area contributed by atoms with Gasteiger partial charge >= 0.3 is 0 Å². The molecule has 0 aliphatic carbocycles. The van der Waals surface area contributed by atoms with E-state index >= 15 is 0 Å². The van der Waals surface area contributed by atoms with E-state index in [2.05, 4.69) is 4.72 Å². The van der Waals surface area contributed by atoms with E-state index in [1.165, 1.54) is 25.3 Å². The van der Waals surface area contributed by atoms with Crippen LogP contribution in [-0.2, 0) is 10.0 Å². The predicted octanol–water partition coefficient (Wildman–Crippen LogP) is 3.86. The van der Waals surface area contributed by atoms with Crippen LogP contribution in [0.2, 0.25) is 5.02 Å². The lowest BCUT2D eigenvalue weighted by molar-refractivity contribution is 0.323. The second kappa shape index (κ2) is 7.95. The summed E-state index contributed by atoms with van der Waals surface area (Å²) in [4.78, 5) is 0.0778. The van der Waals surface area contributed by atoms with Crippen LogP contribution in [0.25, 0.3) is 10.8 Å². The molecule has 0 saturated carbocycles. The number of hydrogen-bond acceptors (Lipinski definition) is 4. The number of fused-ring (bicyclic) bond motifs is 1. The highest BCUT2D eigenvalue weighted by molar-refractivity contribution is 7.89. The molecule has 0 aliphatic heterocycles. The third-order valence-electron chi connectivity index (χ3n) is 3.82. The van der Waals surface area contributed by atoms with Crippen molar-refractivity contribution >= 4 is 32.4 Å². The zero-order chi connectivity index (χ0) is 18.6. The number of hydrogen-bond donors (Lipinski definition) is 1. The van der Waals surface area contributed by atoms with Gasteiger partial charge in [-0.1, -0.05) is 41.9 Å². The molecule has 0 spiro atoms. The average molecular weight is 392 g/mol. The van der Waals surface area contributed by atoms with Crippen molar-refractivity contribution in [1.82, 2.24) is 4.72 Å². The lowest BCUT2D eigenvalue weighted by Gasteiger charge is -2.10. The molecular formula is C19H18ClNO4S. The minimum atomic E-state index is -3.67. The lowest BCUT2D eigenvalue weighted by atomic mass is 10.1. The molecule has 0 unspecified atom stereocenters. The summed E-state index contributed by atoms with van der Waals surface area (Å²) >= 11 is 5.98. The largest absolute Gasteiger partial charge is 0.495 e. The van der Waals surface area contributed by atoms with Crippen LogP contribution in [0.3, 0.4) is 0 Å². The average Bonchev–Trinajstić information content (AvgIpc) is 2.65. The molecule has 3 aromatic carbocycles. The van der Waals surface area contributed by atoms with Gasteiger partial charge in [0, 0.05) is 6.54 Å². The van der Waals surface area contributed by atoms with Crippen molar-refractivity contribution in [2.75, 3.05) is 20.3 Å². The standard InChI is InChI=1S/C19H18ClNO4S/c1-24-19-9-8-17(13-18(19)20)26(22,23)21-10-11-25-16-7-6-14-4-2-3-5-15(14)12-16/h2-9,12-13,21H,10-11H2,1H3. The van der Waals surface area contributed by atoms with E-state index in [-0.39, 0.29) is 23.1 Å².